The zero-order chi connectivity index (χ0) is 13.6. The van der Waals surface area contributed by atoms with Crippen LogP contribution in [0.1, 0.15) is 46.5 Å². The second-order valence-corrected chi connectivity index (χ2v) is 6.22. The molecule has 0 aromatic rings. The number of nitrogens with zero attached hydrogens (tertiary/aromatic N) is 4. The fraction of sp³-hybridized carbons (Fsp3) is 0.923. The van der Waals surface area contributed by atoms with Crippen molar-refractivity contribution in [2.24, 2.45) is 16.4 Å². The van der Waals surface area contributed by atoms with Crippen molar-refractivity contribution in [2.75, 3.05) is 13.1 Å². The Morgan fingerprint density at radius 1 is 1.44 bits per heavy atom. The third-order valence-corrected chi connectivity index (χ3v) is 4.02. The Hall–Kier alpha value is -1.24. The van der Waals surface area contributed by atoms with Gasteiger partial charge < -0.3 is 0 Å². The van der Waals surface area contributed by atoms with E-state index in [2.05, 4.69) is 42.2 Å². The van der Waals surface area contributed by atoms with Gasteiger partial charge in [0.05, 0.1) is 6.07 Å². The molecular formula is C13H23N5. The maximum Gasteiger partial charge on any atom is 0.106 e. The molecule has 1 rings (SSSR count). The quantitative estimate of drug-likeness (QED) is 0.358. The minimum absolute atomic E-state index is 0.326. The Balaban J connectivity index is 2.50. The molecule has 0 heterocycles. The van der Waals surface area contributed by atoms with Crippen LogP contribution >= 0.6 is 0 Å². The SMILES string of the molecule is CC(C)(C)C1CCC(C#N)(NCCN=[N+]=[N-])CC1. The molecule has 1 saturated carbocycles. The number of rotatable bonds is 4. The number of hydrogen-bond donors (Lipinski definition) is 1. The molecule has 0 aromatic carbocycles. The summed E-state index contributed by atoms with van der Waals surface area (Å²) in [5.41, 5.74) is 8.13. The highest BCUT2D eigenvalue weighted by atomic mass is 15.1. The first kappa shape index (κ1) is 14.8. The van der Waals surface area contributed by atoms with Gasteiger partial charge in [-0.25, -0.2) is 0 Å². The van der Waals surface area contributed by atoms with E-state index >= 15 is 0 Å². The highest BCUT2D eigenvalue weighted by molar-refractivity contribution is 5.09. The van der Waals surface area contributed by atoms with Crippen molar-refractivity contribution in [3.63, 3.8) is 0 Å². The van der Waals surface area contributed by atoms with Crippen molar-refractivity contribution in [2.45, 2.75) is 52.0 Å². The van der Waals surface area contributed by atoms with E-state index in [0.717, 1.165) is 25.7 Å². The lowest BCUT2D eigenvalue weighted by Gasteiger charge is -2.41. The Kier molecular flexibility index (Phi) is 5.01. The molecule has 1 N–H and O–H groups in total. The zero-order valence-electron chi connectivity index (χ0n) is 11.6. The van der Waals surface area contributed by atoms with Gasteiger partial charge in [0.2, 0.25) is 0 Å². The van der Waals surface area contributed by atoms with Crippen LogP contribution in [0.2, 0.25) is 0 Å². The van der Waals surface area contributed by atoms with Crippen molar-refractivity contribution >= 4 is 0 Å². The Labute approximate surface area is 109 Å². The lowest BCUT2D eigenvalue weighted by molar-refractivity contribution is 0.139. The van der Waals surface area contributed by atoms with E-state index in [1.807, 2.05) is 0 Å². The van der Waals surface area contributed by atoms with E-state index in [1.54, 1.807) is 0 Å². The highest BCUT2D eigenvalue weighted by Crippen LogP contribution is 2.41. The molecule has 1 fully saturated rings. The largest absolute Gasteiger partial charge is 0.299 e. The molecule has 0 aromatic heterocycles. The van der Waals surface area contributed by atoms with Crippen LogP contribution in [0.3, 0.4) is 0 Å². The first-order valence-electron chi connectivity index (χ1n) is 6.61. The number of hydrogen-bond acceptors (Lipinski definition) is 3. The molecular weight excluding hydrogens is 226 g/mol. The molecule has 0 bridgehead atoms. The van der Waals surface area contributed by atoms with Crippen LogP contribution in [0.15, 0.2) is 5.11 Å². The Morgan fingerprint density at radius 2 is 2.06 bits per heavy atom. The molecule has 5 nitrogen and oxygen atoms in total. The third-order valence-electron chi connectivity index (χ3n) is 4.02. The van der Waals surface area contributed by atoms with Gasteiger partial charge in [0.25, 0.3) is 0 Å². The van der Waals surface area contributed by atoms with Gasteiger partial charge in [0.15, 0.2) is 0 Å². The Morgan fingerprint density at radius 3 is 2.50 bits per heavy atom. The molecule has 0 radical (unpaired) electrons. The average Bonchev–Trinajstić information content (AvgIpc) is 2.34. The summed E-state index contributed by atoms with van der Waals surface area (Å²) < 4.78 is 0. The normalized spacial score (nSPS) is 28.2. The molecule has 1 aliphatic carbocycles. The van der Waals surface area contributed by atoms with Gasteiger partial charge in [-0.05, 0) is 42.5 Å². The molecule has 0 atom stereocenters. The fourth-order valence-electron chi connectivity index (χ4n) is 2.69. The monoisotopic (exact) mass is 249 g/mol. The summed E-state index contributed by atoms with van der Waals surface area (Å²) >= 11 is 0. The summed E-state index contributed by atoms with van der Waals surface area (Å²) in [7, 11) is 0. The van der Waals surface area contributed by atoms with Crippen molar-refractivity contribution < 1.29 is 0 Å². The van der Waals surface area contributed by atoms with E-state index in [-0.39, 0.29) is 0 Å². The predicted octanol–water partition coefficient (Wildman–Crippen LogP) is 3.38. The van der Waals surface area contributed by atoms with Crippen LogP contribution < -0.4 is 5.32 Å². The molecule has 5 heteroatoms. The first-order valence-corrected chi connectivity index (χ1v) is 6.61. The average molecular weight is 249 g/mol. The standard InChI is InChI=1S/C13H23N5/c1-12(2,3)11-4-6-13(10-14,7-5-11)16-8-9-17-18-15/h11,16H,4-9H2,1-3H3. The number of nitrogens with one attached hydrogen (secondary N) is 1. The highest BCUT2D eigenvalue weighted by Gasteiger charge is 2.38. The summed E-state index contributed by atoms with van der Waals surface area (Å²) in [6, 6.07) is 2.42. The predicted molar refractivity (Wildman–Crippen MR) is 71.8 cm³/mol. The molecule has 0 spiro atoms. The van der Waals surface area contributed by atoms with Gasteiger partial charge >= 0.3 is 0 Å². The van der Waals surface area contributed by atoms with Crippen molar-refractivity contribution in [3.05, 3.63) is 10.4 Å². The second-order valence-electron chi connectivity index (χ2n) is 6.22. The lowest BCUT2D eigenvalue weighted by Crippen LogP contribution is -2.48. The van der Waals surface area contributed by atoms with Crippen molar-refractivity contribution in [3.8, 4) is 6.07 Å². The molecule has 0 aliphatic heterocycles. The van der Waals surface area contributed by atoms with Crippen LogP contribution in [-0.4, -0.2) is 18.6 Å². The van der Waals surface area contributed by atoms with Gasteiger partial charge in [-0.3, -0.25) is 5.32 Å². The summed E-state index contributed by atoms with van der Waals surface area (Å²) in [4.78, 5) is 2.71. The molecule has 0 saturated heterocycles. The van der Waals surface area contributed by atoms with Gasteiger partial charge in [0, 0.05) is 18.0 Å². The fourth-order valence-corrected chi connectivity index (χ4v) is 2.69. The van der Waals surface area contributed by atoms with Gasteiger partial charge in [-0.15, -0.1) is 0 Å². The minimum atomic E-state index is -0.410. The summed E-state index contributed by atoms with van der Waals surface area (Å²) in [6.45, 7) is 7.80. The number of azide groups is 1. The maximum atomic E-state index is 9.37. The third kappa shape index (κ3) is 3.90. The summed E-state index contributed by atoms with van der Waals surface area (Å²) in [5.74, 6) is 0.693. The van der Waals surface area contributed by atoms with Gasteiger partial charge in [0.1, 0.15) is 5.54 Å². The maximum absolute atomic E-state index is 9.37. The van der Waals surface area contributed by atoms with Crippen LogP contribution in [0.25, 0.3) is 10.4 Å². The second kappa shape index (κ2) is 6.08. The number of nitriles is 1. The summed E-state index contributed by atoms with van der Waals surface area (Å²) in [5, 5.41) is 16.1. The van der Waals surface area contributed by atoms with E-state index in [0.29, 0.717) is 24.4 Å². The van der Waals surface area contributed by atoms with E-state index in [4.69, 9.17) is 5.53 Å². The first-order chi connectivity index (χ1) is 8.43. The molecule has 0 unspecified atom stereocenters. The van der Waals surface area contributed by atoms with E-state index in [9.17, 15) is 5.26 Å². The smallest absolute Gasteiger partial charge is 0.106 e. The summed E-state index contributed by atoms with van der Waals surface area (Å²) in [6.07, 6.45) is 3.96. The lowest BCUT2D eigenvalue weighted by atomic mass is 9.67. The van der Waals surface area contributed by atoms with Gasteiger partial charge in [-0.2, -0.15) is 5.26 Å². The molecule has 0 amide bonds. The molecule has 1 aliphatic rings. The molecule has 100 valence electrons. The van der Waals surface area contributed by atoms with E-state index in [1.165, 1.54) is 0 Å². The topological polar surface area (TPSA) is 84.6 Å². The van der Waals surface area contributed by atoms with Crippen LogP contribution in [0.4, 0.5) is 0 Å². The zero-order valence-corrected chi connectivity index (χ0v) is 11.6. The van der Waals surface area contributed by atoms with Crippen molar-refractivity contribution in [1.82, 2.24) is 5.32 Å². The van der Waals surface area contributed by atoms with Crippen LogP contribution in [0.5, 0.6) is 0 Å². The minimum Gasteiger partial charge on any atom is -0.299 e. The van der Waals surface area contributed by atoms with Crippen molar-refractivity contribution in [1.29, 1.82) is 5.26 Å². The van der Waals surface area contributed by atoms with Crippen LogP contribution in [-0.2, 0) is 0 Å². The Bertz CT molecular complexity index is 349. The van der Waals surface area contributed by atoms with Crippen LogP contribution in [0, 0.1) is 22.7 Å². The molecule has 18 heavy (non-hydrogen) atoms. The van der Waals surface area contributed by atoms with Gasteiger partial charge in [-0.1, -0.05) is 25.9 Å². The van der Waals surface area contributed by atoms with E-state index < -0.39 is 5.54 Å².